The maximum atomic E-state index is 4.71. The third-order valence-corrected chi connectivity index (χ3v) is 3.56. The Labute approximate surface area is 123 Å². The molecule has 1 N–H and O–H groups in total. The van der Waals surface area contributed by atoms with Gasteiger partial charge in [-0.25, -0.2) is 9.67 Å². The first kappa shape index (κ1) is 13.8. The van der Waals surface area contributed by atoms with Gasteiger partial charge in [-0.2, -0.15) is 10.2 Å². The summed E-state index contributed by atoms with van der Waals surface area (Å²) in [6.45, 7) is 7.34. The Balaban J connectivity index is 1.93. The van der Waals surface area contributed by atoms with Crippen molar-refractivity contribution in [1.82, 2.24) is 29.9 Å². The monoisotopic (exact) mass is 284 g/mol. The van der Waals surface area contributed by atoms with Crippen LogP contribution in [0.3, 0.4) is 0 Å². The van der Waals surface area contributed by atoms with Gasteiger partial charge < -0.3 is 5.32 Å². The van der Waals surface area contributed by atoms with E-state index >= 15 is 0 Å². The van der Waals surface area contributed by atoms with E-state index in [1.54, 1.807) is 6.33 Å². The number of aromatic nitrogens is 5. The molecular weight excluding hydrogens is 264 g/mol. The number of fused-ring (bicyclic) bond motifs is 1. The molecule has 2 aromatic heterocycles. The summed E-state index contributed by atoms with van der Waals surface area (Å²) in [5.74, 6) is 0.937. The number of aryl methyl sites for hydroxylation is 1. The number of nitrogens with zero attached hydrogens (tertiary/aromatic N) is 5. The molecule has 0 saturated heterocycles. The van der Waals surface area contributed by atoms with Crippen molar-refractivity contribution in [2.75, 3.05) is 6.54 Å². The molecule has 21 heavy (non-hydrogen) atoms. The number of benzene rings is 1. The van der Waals surface area contributed by atoms with Crippen LogP contribution < -0.4 is 5.32 Å². The number of hydrogen-bond donors (Lipinski definition) is 1. The quantitative estimate of drug-likeness (QED) is 0.750. The van der Waals surface area contributed by atoms with Gasteiger partial charge in [-0.1, -0.05) is 25.1 Å². The van der Waals surface area contributed by atoms with Gasteiger partial charge in [0.05, 0.1) is 24.3 Å². The van der Waals surface area contributed by atoms with Crippen molar-refractivity contribution in [3.05, 3.63) is 42.1 Å². The van der Waals surface area contributed by atoms with Crippen molar-refractivity contribution >= 4 is 10.9 Å². The average Bonchev–Trinajstić information content (AvgIpc) is 3.10. The summed E-state index contributed by atoms with van der Waals surface area (Å²) in [5, 5.41) is 13.5. The van der Waals surface area contributed by atoms with Gasteiger partial charge in [-0.3, -0.25) is 4.68 Å². The van der Waals surface area contributed by atoms with E-state index in [1.807, 2.05) is 15.4 Å². The van der Waals surface area contributed by atoms with Crippen molar-refractivity contribution < 1.29 is 0 Å². The minimum absolute atomic E-state index is 0.647. The lowest BCUT2D eigenvalue weighted by atomic mass is 10.2. The minimum Gasteiger partial charge on any atom is -0.310 e. The Bertz CT molecular complexity index is 727. The van der Waals surface area contributed by atoms with Gasteiger partial charge >= 0.3 is 0 Å². The van der Waals surface area contributed by atoms with Crippen LogP contribution in [0, 0.1) is 0 Å². The zero-order chi connectivity index (χ0) is 14.7. The standard InChI is InChI=1S/C15H20N6/c1-3-16-9-15-17-11-18-21(15)10-13-12-7-5-6-8-14(12)20(4-2)19-13/h5-8,11,16H,3-4,9-10H2,1-2H3. The third-order valence-electron chi connectivity index (χ3n) is 3.56. The molecule has 110 valence electrons. The van der Waals surface area contributed by atoms with E-state index in [-0.39, 0.29) is 0 Å². The molecule has 0 radical (unpaired) electrons. The van der Waals surface area contributed by atoms with Crippen LogP contribution in [0.1, 0.15) is 25.4 Å². The Kier molecular flexibility index (Phi) is 3.96. The first-order valence-electron chi connectivity index (χ1n) is 7.35. The predicted molar refractivity (Wildman–Crippen MR) is 81.9 cm³/mol. The number of hydrogen-bond acceptors (Lipinski definition) is 4. The van der Waals surface area contributed by atoms with Crippen molar-refractivity contribution in [3.63, 3.8) is 0 Å². The highest BCUT2D eigenvalue weighted by Crippen LogP contribution is 2.19. The molecule has 0 saturated carbocycles. The molecule has 0 amide bonds. The summed E-state index contributed by atoms with van der Waals surface area (Å²) in [5.41, 5.74) is 2.21. The van der Waals surface area contributed by atoms with Crippen LogP contribution in [0.25, 0.3) is 10.9 Å². The lowest BCUT2D eigenvalue weighted by molar-refractivity contribution is 0.578. The highest BCUT2D eigenvalue weighted by atomic mass is 15.4. The van der Waals surface area contributed by atoms with E-state index in [9.17, 15) is 0 Å². The second-order valence-electron chi connectivity index (χ2n) is 4.89. The lowest BCUT2D eigenvalue weighted by Crippen LogP contribution is -2.17. The van der Waals surface area contributed by atoms with Crippen LogP contribution >= 0.6 is 0 Å². The van der Waals surface area contributed by atoms with Crippen LogP contribution in [-0.2, 0) is 19.6 Å². The average molecular weight is 284 g/mol. The summed E-state index contributed by atoms with van der Waals surface area (Å²) >= 11 is 0. The molecule has 2 heterocycles. The van der Waals surface area contributed by atoms with Crippen molar-refractivity contribution in [2.24, 2.45) is 0 Å². The Morgan fingerprint density at radius 3 is 2.81 bits per heavy atom. The zero-order valence-electron chi connectivity index (χ0n) is 12.5. The predicted octanol–water partition coefficient (Wildman–Crippen LogP) is 1.81. The van der Waals surface area contributed by atoms with Gasteiger partial charge in [0.1, 0.15) is 12.2 Å². The number of nitrogens with one attached hydrogen (secondary N) is 1. The molecule has 3 aromatic rings. The Hall–Kier alpha value is -2.21. The fourth-order valence-corrected chi connectivity index (χ4v) is 2.49. The maximum absolute atomic E-state index is 4.71. The van der Waals surface area contributed by atoms with Gasteiger partial charge in [0, 0.05) is 11.9 Å². The minimum atomic E-state index is 0.647. The summed E-state index contributed by atoms with van der Waals surface area (Å²) in [7, 11) is 0. The zero-order valence-corrected chi connectivity index (χ0v) is 12.5. The smallest absolute Gasteiger partial charge is 0.141 e. The molecule has 0 atom stereocenters. The van der Waals surface area contributed by atoms with Crippen LogP contribution in [0.2, 0.25) is 0 Å². The molecule has 6 heteroatoms. The first-order valence-corrected chi connectivity index (χ1v) is 7.35. The molecule has 0 fully saturated rings. The largest absolute Gasteiger partial charge is 0.310 e. The molecule has 0 spiro atoms. The second kappa shape index (κ2) is 6.05. The molecule has 6 nitrogen and oxygen atoms in total. The SMILES string of the molecule is CCNCc1ncnn1Cc1nn(CC)c2ccccc12. The highest BCUT2D eigenvalue weighted by Gasteiger charge is 2.12. The molecule has 0 unspecified atom stereocenters. The van der Waals surface area contributed by atoms with Gasteiger partial charge in [0.25, 0.3) is 0 Å². The summed E-state index contributed by atoms with van der Waals surface area (Å²) in [6, 6.07) is 8.32. The maximum Gasteiger partial charge on any atom is 0.141 e. The summed E-state index contributed by atoms with van der Waals surface area (Å²) in [4.78, 5) is 4.31. The van der Waals surface area contributed by atoms with E-state index in [0.717, 1.165) is 31.2 Å². The molecule has 3 rings (SSSR count). The number of rotatable bonds is 6. The number of para-hydroxylation sites is 1. The van der Waals surface area contributed by atoms with Crippen LogP contribution in [0.5, 0.6) is 0 Å². The van der Waals surface area contributed by atoms with Gasteiger partial charge in [0.2, 0.25) is 0 Å². The lowest BCUT2D eigenvalue weighted by Gasteiger charge is -2.05. The molecule has 0 aliphatic rings. The van der Waals surface area contributed by atoms with E-state index in [1.165, 1.54) is 10.9 Å². The summed E-state index contributed by atoms with van der Waals surface area (Å²) < 4.78 is 3.95. The normalized spacial score (nSPS) is 11.3. The van der Waals surface area contributed by atoms with Gasteiger partial charge in [0.15, 0.2) is 0 Å². The van der Waals surface area contributed by atoms with Gasteiger partial charge in [-0.05, 0) is 19.5 Å². The molecular formula is C15H20N6. The molecule has 0 aliphatic carbocycles. The Morgan fingerprint density at radius 1 is 1.14 bits per heavy atom. The van der Waals surface area contributed by atoms with Crippen molar-refractivity contribution in [1.29, 1.82) is 0 Å². The van der Waals surface area contributed by atoms with Crippen LogP contribution in [-0.4, -0.2) is 31.1 Å². The first-order chi connectivity index (χ1) is 10.3. The van der Waals surface area contributed by atoms with Crippen molar-refractivity contribution in [3.8, 4) is 0 Å². The molecule has 0 bridgehead atoms. The fourth-order valence-electron chi connectivity index (χ4n) is 2.49. The fraction of sp³-hybridized carbons (Fsp3) is 0.400. The second-order valence-corrected chi connectivity index (χ2v) is 4.89. The van der Waals surface area contributed by atoms with E-state index in [0.29, 0.717) is 6.54 Å². The summed E-state index contributed by atoms with van der Waals surface area (Å²) in [6.07, 6.45) is 1.60. The molecule has 0 aliphatic heterocycles. The third kappa shape index (κ3) is 2.67. The van der Waals surface area contributed by atoms with E-state index in [4.69, 9.17) is 5.10 Å². The highest BCUT2D eigenvalue weighted by molar-refractivity contribution is 5.81. The van der Waals surface area contributed by atoms with Crippen LogP contribution in [0.4, 0.5) is 0 Å². The van der Waals surface area contributed by atoms with Crippen molar-refractivity contribution in [2.45, 2.75) is 33.5 Å². The van der Waals surface area contributed by atoms with E-state index in [2.05, 4.69) is 47.4 Å². The topological polar surface area (TPSA) is 60.6 Å². The Morgan fingerprint density at radius 2 is 2.00 bits per heavy atom. The molecule has 1 aromatic carbocycles. The van der Waals surface area contributed by atoms with Gasteiger partial charge in [-0.15, -0.1) is 0 Å². The van der Waals surface area contributed by atoms with Crippen LogP contribution in [0.15, 0.2) is 30.6 Å². The van der Waals surface area contributed by atoms with E-state index < -0.39 is 0 Å².